The van der Waals surface area contributed by atoms with E-state index in [0.717, 1.165) is 22.9 Å². The van der Waals surface area contributed by atoms with Gasteiger partial charge in [0.2, 0.25) is 0 Å². The van der Waals surface area contributed by atoms with Gasteiger partial charge in [-0.25, -0.2) is 0 Å². The van der Waals surface area contributed by atoms with Crippen LogP contribution in [0.3, 0.4) is 0 Å². The number of aromatic nitrogens is 3. The highest BCUT2D eigenvalue weighted by molar-refractivity contribution is 7.99. The number of carboxylic acid groups (broad SMARTS) is 1. The van der Waals surface area contributed by atoms with Crippen molar-refractivity contribution in [1.29, 1.82) is 0 Å². The van der Waals surface area contributed by atoms with Crippen molar-refractivity contribution in [2.45, 2.75) is 32.0 Å². The molecule has 0 aliphatic heterocycles. The van der Waals surface area contributed by atoms with E-state index in [-0.39, 0.29) is 11.8 Å². The lowest BCUT2D eigenvalue weighted by molar-refractivity contribution is -0.133. The fourth-order valence-electron chi connectivity index (χ4n) is 1.95. The Morgan fingerprint density at radius 2 is 2.14 bits per heavy atom. The van der Waals surface area contributed by atoms with Gasteiger partial charge >= 0.3 is 5.97 Å². The van der Waals surface area contributed by atoms with Crippen molar-refractivity contribution in [2.24, 2.45) is 0 Å². The van der Waals surface area contributed by atoms with Crippen LogP contribution in [-0.4, -0.2) is 31.6 Å². The van der Waals surface area contributed by atoms with Crippen LogP contribution in [0.4, 0.5) is 0 Å². The summed E-state index contributed by atoms with van der Waals surface area (Å²) in [6.07, 6.45) is 0. The van der Waals surface area contributed by atoms with E-state index in [9.17, 15) is 4.79 Å². The number of thioether (sulfide) groups is 1. The molecule has 5 nitrogen and oxygen atoms in total. The zero-order valence-electron chi connectivity index (χ0n) is 12.0. The number of rotatable bonds is 5. The normalized spacial score (nSPS) is 11.1. The summed E-state index contributed by atoms with van der Waals surface area (Å²) >= 11 is 7.45. The fraction of sp³-hybridized carbons (Fsp3) is 0.357. The molecule has 0 amide bonds. The zero-order valence-corrected chi connectivity index (χ0v) is 13.6. The second-order valence-electron chi connectivity index (χ2n) is 4.94. The summed E-state index contributed by atoms with van der Waals surface area (Å²) < 4.78 is 1.91. The van der Waals surface area contributed by atoms with Crippen molar-refractivity contribution in [1.82, 2.24) is 14.8 Å². The van der Waals surface area contributed by atoms with Gasteiger partial charge in [0.15, 0.2) is 11.0 Å². The maximum absolute atomic E-state index is 10.7. The first-order valence-electron chi connectivity index (χ1n) is 6.46. The van der Waals surface area contributed by atoms with Gasteiger partial charge in [-0.05, 0) is 38.5 Å². The molecule has 1 aromatic carbocycles. The highest BCUT2D eigenvalue weighted by Gasteiger charge is 2.19. The minimum absolute atomic E-state index is 0.0491. The minimum Gasteiger partial charge on any atom is -0.481 e. The summed E-state index contributed by atoms with van der Waals surface area (Å²) in [4.78, 5) is 10.7. The van der Waals surface area contributed by atoms with Crippen molar-refractivity contribution < 1.29 is 9.90 Å². The van der Waals surface area contributed by atoms with Crippen molar-refractivity contribution in [3.63, 3.8) is 0 Å². The molecular weight excluding hydrogens is 310 g/mol. The van der Waals surface area contributed by atoms with Gasteiger partial charge in [-0.3, -0.25) is 9.36 Å². The van der Waals surface area contributed by atoms with E-state index in [0.29, 0.717) is 16.0 Å². The summed E-state index contributed by atoms with van der Waals surface area (Å²) in [6, 6.07) is 5.85. The van der Waals surface area contributed by atoms with Crippen molar-refractivity contribution >= 4 is 29.3 Å². The van der Waals surface area contributed by atoms with E-state index in [4.69, 9.17) is 16.7 Å². The largest absolute Gasteiger partial charge is 0.481 e. The number of carbonyl (C=O) groups is 1. The van der Waals surface area contributed by atoms with E-state index in [2.05, 4.69) is 10.2 Å². The van der Waals surface area contributed by atoms with E-state index in [1.165, 1.54) is 0 Å². The SMILES string of the molecule is Cc1ccc(-c2nnc(SCC(=O)O)n2C(C)C)c(Cl)c1. The molecule has 1 N–H and O–H groups in total. The molecule has 2 rings (SSSR count). The average molecular weight is 326 g/mol. The van der Waals surface area contributed by atoms with Gasteiger partial charge in [0.05, 0.1) is 10.8 Å². The molecule has 0 atom stereocenters. The molecule has 0 aliphatic carbocycles. The predicted octanol–water partition coefficient (Wildman–Crippen LogP) is 3.66. The number of nitrogens with zero attached hydrogens (tertiary/aromatic N) is 3. The third kappa shape index (κ3) is 3.57. The van der Waals surface area contributed by atoms with Crippen LogP contribution in [0.25, 0.3) is 11.4 Å². The molecule has 7 heteroatoms. The van der Waals surface area contributed by atoms with Crippen LogP contribution in [0.2, 0.25) is 5.02 Å². The summed E-state index contributed by atoms with van der Waals surface area (Å²) in [7, 11) is 0. The summed E-state index contributed by atoms with van der Waals surface area (Å²) in [5.74, 6) is -0.275. The van der Waals surface area contributed by atoms with Crippen LogP contribution in [0.1, 0.15) is 25.5 Å². The fourth-order valence-corrected chi connectivity index (χ4v) is 3.06. The smallest absolute Gasteiger partial charge is 0.313 e. The summed E-state index contributed by atoms with van der Waals surface area (Å²) in [5, 5.41) is 18.3. The monoisotopic (exact) mass is 325 g/mol. The highest BCUT2D eigenvalue weighted by atomic mass is 35.5. The third-order valence-corrected chi connectivity index (χ3v) is 4.11. The lowest BCUT2D eigenvalue weighted by Crippen LogP contribution is -2.07. The van der Waals surface area contributed by atoms with Crippen molar-refractivity contribution in [2.75, 3.05) is 5.75 Å². The van der Waals surface area contributed by atoms with E-state index >= 15 is 0 Å². The number of hydrogen-bond acceptors (Lipinski definition) is 4. The second kappa shape index (κ2) is 6.49. The molecule has 1 aromatic heterocycles. The Hall–Kier alpha value is -1.53. The lowest BCUT2D eigenvalue weighted by atomic mass is 10.1. The zero-order chi connectivity index (χ0) is 15.6. The van der Waals surface area contributed by atoms with E-state index in [1.807, 2.05) is 43.5 Å². The van der Waals surface area contributed by atoms with Crippen LogP contribution < -0.4 is 0 Å². The quantitative estimate of drug-likeness (QED) is 0.849. The van der Waals surface area contributed by atoms with Gasteiger partial charge in [0.25, 0.3) is 0 Å². The first kappa shape index (κ1) is 15.9. The Morgan fingerprint density at radius 1 is 1.43 bits per heavy atom. The topological polar surface area (TPSA) is 68.0 Å². The molecular formula is C14H16ClN3O2S. The lowest BCUT2D eigenvalue weighted by Gasteiger charge is -2.14. The number of hydrogen-bond donors (Lipinski definition) is 1. The maximum atomic E-state index is 10.7. The Kier molecular flexibility index (Phi) is 4.90. The first-order chi connectivity index (χ1) is 9.90. The molecule has 0 saturated carbocycles. The van der Waals surface area contributed by atoms with Gasteiger partial charge in [-0.2, -0.15) is 0 Å². The van der Waals surface area contributed by atoms with Gasteiger partial charge in [0.1, 0.15) is 0 Å². The van der Waals surface area contributed by atoms with Crippen LogP contribution in [0, 0.1) is 6.92 Å². The van der Waals surface area contributed by atoms with Gasteiger partial charge in [0, 0.05) is 11.6 Å². The number of aryl methyl sites for hydroxylation is 1. The second-order valence-corrected chi connectivity index (χ2v) is 6.29. The standard InChI is InChI=1S/C14H16ClN3O2S/c1-8(2)18-13(10-5-4-9(3)6-11(10)15)16-17-14(18)21-7-12(19)20/h4-6,8H,7H2,1-3H3,(H,19,20). The van der Waals surface area contributed by atoms with Crippen LogP contribution >= 0.6 is 23.4 Å². The van der Waals surface area contributed by atoms with Crippen LogP contribution in [-0.2, 0) is 4.79 Å². The molecule has 112 valence electrons. The van der Waals surface area contributed by atoms with E-state index in [1.54, 1.807) is 0 Å². The Labute approximate surface area is 132 Å². The first-order valence-corrected chi connectivity index (χ1v) is 7.82. The molecule has 0 radical (unpaired) electrons. The van der Waals surface area contributed by atoms with Gasteiger partial charge in [-0.1, -0.05) is 29.4 Å². The number of aliphatic carboxylic acids is 1. The highest BCUT2D eigenvalue weighted by Crippen LogP contribution is 2.32. The molecule has 1 heterocycles. The van der Waals surface area contributed by atoms with E-state index < -0.39 is 5.97 Å². The van der Waals surface area contributed by atoms with Crippen molar-refractivity contribution in [3.8, 4) is 11.4 Å². The molecule has 21 heavy (non-hydrogen) atoms. The molecule has 0 bridgehead atoms. The molecule has 2 aromatic rings. The molecule has 0 spiro atoms. The predicted molar refractivity (Wildman–Crippen MR) is 83.9 cm³/mol. The third-order valence-electron chi connectivity index (χ3n) is 2.87. The van der Waals surface area contributed by atoms with Gasteiger partial charge in [-0.15, -0.1) is 10.2 Å². The summed E-state index contributed by atoms with van der Waals surface area (Å²) in [6.45, 7) is 5.97. The van der Waals surface area contributed by atoms with Crippen LogP contribution in [0.5, 0.6) is 0 Å². The van der Waals surface area contributed by atoms with Gasteiger partial charge < -0.3 is 5.11 Å². The summed E-state index contributed by atoms with van der Waals surface area (Å²) in [5.41, 5.74) is 1.87. The molecule has 0 aliphatic rings. The minimum atomic E-state index is -0.881. The van der Waals surface area contributed by atoms with Crippen molar-refractivity contribution in [3.05, 3.63) is 28.8 Å². The van der Waals surface area contributed by atoms with Crippen LogP contribution in [0.15, 0.2) is 23.4 Å². The maximum Gasteiger partial charge on any atom is 0.313 e. The molecule has 0 unspecified atom stereocenters. The molecule has 0 saturated heterocycles. The average Bonchev–Trinajstić information content (AvgIpc) is 2.80. The number of carboxylic acids is 1. The molecule has 0 fully saturated rings. The Balaban J connectivity index is 2.46. The Bertz CT molecular complexity index is 670. The number of halogens is 1. The number of benzene rings is 1. The Morgan fingerprint density at radius 3 is 2.71 bits per heavy atom.